The number of carbonyl (C=O) groups is 2. The predicted molar refractivity (Wildman–Crippen MR) is 287 cm³/mol. The zero-order valence-corrected chi connectivity index (χ0v) is 43.9. The maximum absolute atomic E-state index is 12.5. The van der Waals surface area contributed by atoms with Gasteiger partial charge in [-0.15, -0.1) is 0 Å². The monoisotopic (exact) mass is 926 g/mol. The second-order valence-corrected chi connectivity index (χ2v) is 19.6. The quantitative estimate of drug-likeness (QED) is 0.0244. The summed E-state index contributed by atoms with van der Waals surface area (Å²) >= 11 is 0. The molecule has 2 unspecified atom stereocenters. The molecule has 386 valence electrons. The molecule has 3 N–H and O–H groups in total. The fraction of sp³-hybridized carbons (Fsp3) is 0.833. The molecule has 0 fully saturated rings. The van der Waals surface area contributed by atoms with Crippen molar-refractivity contribution in [2.24, 2.45) is 0 Å². The zero-order chi connectivity index (χ0) is 47.9. The predicted octanol–water partition coefficient (Wildman–Crippen LogP) is 17.8. The smallest absolute Gasteiger partial charge is 0.305 e. The number of esters is 1. The van der Waals surface area contributed by atoms with Gasteiger partial charge in [-0.05, 0) is 89.9 Å². The van der Waals surface area contributed by atoms with Gasteiger partial charge in [-0.1, -0.05) is 242 Å². The van der Waals surface area contributed by atoms with Crippen LogP contribution in [-0.2, 0) is 14.3 Å². The highest BCUT2D eigenvalue weighted by molar-refractivity contribution is 5.76. The van der Waals surface area contributed by atoms with E-state index in [0.29, 0.717) is 25.9 Å². The second-order valence-electron chi connectivity index (χ2n) is 19.6. The molecule has 0 aromatic rings. The van der Waals surface area contributed by atoms with E-state index < -0.39 is 12.1 Å². The molecule has 6 heteroatoms. The summed E-state index contributed by atoms with van der Waals surface area (Å²) < 4.78 is 5.44. The lowest BCUT2D eigenvalue weighted by atomic mass is 10.0. The number of ether oxygens (including phenoxy) is 1. The molecule has 6 nitrogen and oxygen atoms in total. The number of rotatable bonds is 53. The number of aliphatic hydroxyl groups is 2. The summed E-state index contributed by atoms with van der Waals surface area (Å²) in [5.74, 6) is -0.0925. The molecular weight excluding hydrogens is 815 g/mol. The molecule has 0 radical (unpaired) electrons. The molecule has 0 spiro atoms. The lowest BCUT2D eigenvalue weighted by molar-refractivity contribution is -0.143. The van der Waals surface area contributed by atoms with Gasteiger partial charge in [0.15, 0.2) is 0 Å². The minimum atomic E-state index is -0.681. The van der Waals surface area contributed by atoms with E-state index >= 15 is 0 Å². The van der Waals surface area contributed by atoms with Gasteiger partial charge in [0.2, 0.25) is 5.91 Å². The first-order valence-electron chi connectivity index (χ1n) is 28.9. The molecule has 0 aliphatic rings. The largest absolute Gasteiger partial charge is 0.466 e. The van der Waals surface area contributed by atoms with Crippen LogP contribution in [0.5, 0.6) is 0 Å². The number of nitrogens with one attached hydrogen (secondary N) is 1. The molecule has 1 amide bonds. The third-order valence-corrected chi connectivity index (χ3v) is 13.1. The molecule has 0 aliphatic carbocycles. The Morgan fingerprint density at radius 2 is 0.803 bits per heavy atom. The lowest BCUT2D eigenvalue weighted by Crippen LogP contribution is -2.45. The maximum atomic E-state index is 12.5. The van der Waals surface area contributed by atoms with Gasteiger partial charge in [-0.3, -0.25) is 9.59 Å². The zero-order valence-electron chi connectivity index (χ0n) is 43.9. The summed E-state index contributed by atoms with van der Waals surface area (Å²) in [7, 11) is 0. The highest BCUT2D eigenvalue weighted by atomic mass is 16.5. The van der Waals surface area contributed by atoms with E-state index in [1.54, 1.807) is 0 Å². The van der Waals surface area contributed by atoms with Crippen LogP contribution in [0.25, 0.3) is 0 Å². The first-order valence-corrected chi connectivity index (χ1v) is 28.9. The van der Waals surface area contributed by atoms with Crippen molar-refractivity contribution in [2.45, 2.75) is 309 Å². The number of hydrogen-bond donors (Lipinski definition) is 3. The van der Waals surface area contributed by atoms with Crippen molar-refractivity contribution >= 4 is 11.9 Å². The van der Waals surface area contributed by atoms with Crippen LogP contribution in [0.1, 0.15) is 296 Å². The summed E-state index contributed by atoms with van der Waals surface area (Å²) in [6.07, 6.45) is 69.5. The molecule has 2 atom stereocenters. The number of allylic oxidation sites excluding steroid dienone is 8. The van der Waals surface area contributed by atoms with Gasteiger partial charge >= 0.3 is 5.97 Å². The fourth-order valence-electron chi connectivity index (χ4n) is 8.66. The number of unbranched alkanes of at least 4 members (excludes halogenated alkanes) is 35. The van der Waals surface area contributed by atoms with Crippen molar-refractivity contribution in [1.82, 2.24) is 5.32 Å². The first-order chi connectivity index (χ1) is 32.5. The molecule has 0 aliphatic heterocycles. The van der Waals surface area contributed by atoms with Crippen molar-refractivity contribution in [1.29, 1.82) is 0 Å². The van der Waals surface area contributed by atoms with Crippen LogP contribution < -0.4 is 5.32 Å². The van der Waals surface area contributed by atoms with Gasteiger partial charge < -0.3 is 20.3 Å². The van der Waals surface area contributed by atoms with Crippen molar-refractivity contribution in [3.63, 3.8) is 0 Å². The summed E-state index contributed by atoms with van der Waals surface area (Å²) in [6, 6.07) is -0.560. The Kier molecular flexibility index (Phi) is 53.6. The number of aliphatic hydroxyl groups excluding tert-OH is 2. The van der Waals surface area contributed by atoms with Crippen LogP contribution in [-0.4, -0.2) is 47.4 Å². The number of carbonyl (C=O) groups excluding carboxylic acids is 2. The van der Waals surface area contributed by atoms with Crippen LogP contribution in [0.2, 0.25) is 0 Å². The van der Waals surface area contributed by atoms with Crippen molar-refractivity contribution in [3.05, 3.63) is 48.6 Å². The van der Waals surface area contributed by atoms with E-state index in [9.17, 15) is 19.8 Å². The molecule has 0 saturated heterocycles. The number of hydrogen-bond acceptors (Lipinski definition) is 5. The summed E-state index contributed by atoms with van der Waals surface area (Å²) in [6.45, 7) is 4.88. The van der Waals surface area contributed by atoms with Crippen molar-refractivity contribution < 1.29 is 24.5 Å². The van der Waals surface area contributed by atoms with Gasteiger partial charge in [0.25, 0.3) is 0 Å². The highest BCUT2D eigenvalue weighted by Crippen LogP contribution is 2.16. The standard InChI is InChI=1S/C60H111NO5/c1-3-5-7-9-11-13-15-17-19-21-22-24-28-32-36-40-44-48-52-58(63)57(56-62)61-59(64)53-49-45-41-37-33-29-25-23-27-31-35-39-43-47-51-55-66-60(65)54-50-46-42-38-34-30-26-20-18-16-14-12-10-8-6-4-2/h14,16,20,23,26-27,31,35,57-58,62-63H,3-13,15,17-19,21-22,24-25,28-30,32-34,36-56H2,1-2H3,(H,61,64)/b16-14-,26-20-,27-23-,35-31-. The van der Waals surface area contributed by atoms with Crippen LogP contribution >= 0.6 is 0 Å². The Balaban J connectivity index is 3.53. The molecular formula is C60H111NO5. The van der Waals surface area contributed by atoms with E-state index in [1.165, 1.54) is 173 Å². The summed E-state index contributed by atoms with van der Waals surface area (Å²) in [5, 5.41) is 23.3. The lowest BCUT2D eigenvalue weighted by Gasteiger charge is -2.22. The van der Waals surface area contributed by atoms with Gasteiger partial charge in [0.05, 0.1) is 25.4 Å². The second kappa shape index (κ2) is 55.4. The highest BCUT2D eigenvalue weighted by Gasteiger charge is 2.20. The first kappa shape index (κ1) is 63.8. The average Bonchev–Trinajstić information content (AvgIpc) is 3.32. The topological polar surface area (TPSA) is 95.9 Å². The molecule has 0 saturated carbocycles. The fourth-order valence-corrected chi connectivity index (χ4v) is 8.66. The normalized spacial score (nSPS) is 13.0. The van der Waals surface area contributed by atoms with Gasteiger partial charge in [-0.25, -0.2) is 0 Å². The summed E-state index contributed by atoms with van der Waals surface area (Å²) in [5.41, 5.74) is 0. The van der Waals surface area contributed by atoms with Crippen molar-refractivity contribution in [2.75, 3.05) is 13.2 Å². The SMILES string of the molecule is CCCCCC/C=C\C/C=C\CCCCCCCC(=O)OCCCCC/C=C\C=C/CCCCCCCCC(=O)NC(CO)C(O)CCCCCCCCCCCCCCCCCCCC. The Labute approximate surface area is 410 Å². The van der Waals surface area contributed by atoms with Gasteiger partial charge in [0.1, 0.15) is 0 Å². The Morgan fingerprint density at radius 3 is 1.26 bits per heavy atom. The Hall–Kier alpha value is -2.18. The van der Waals surface area contributed by atoms with Crippen LogP contribution in [0.15, 0.2) is 48.6 Å². The molecule has 0 bridgehead atoms. The molecule has 0 aromatic heterocycles. The molecule has 66 heavy (non-hydrogen) atoms. The van der Waals surface area contributed by atoms with E-state index in [0.717, 1.165) is 89.9 Å². The third kappa shape index (κ3) is 51.2. The Morgan fingerprint density at radius 1 is 0.439 bits per heavy atom. The molecule has 0 rings (SSSR count). The molecule has 0 heterocycles. The van der Waals surface area contributed by atoms with Crippen LogP contribution in [0.3, 0.4) is 0 Å². The van der Waals surface area contributed by atoms with Crippen LogP contribution in [0, 0.1) is 0 Å². The van der Waals surface area contributed by atoms with Crippen LogP contribution in [0.4, 0.5) is 0 Å². The number of amides is 1. The van der Waals surface area contributed by atoms with Gasteiger partial charge in [-0.2, -0.15) is 0 Å². The minimum absolute atomic E-state index is 0.0353. The van der Waals surface area contributed by atoms with E-state index in [1.807, 2.05) is 0 Å². The van der Waals surface area contributed by atoms with E-state index in [4.69, 9.17) is 4.74 Å². The third-order valence-electron chi connectivity index (χ3n) is 13.1. The molecule has 0 aromatic carbocycles. The minimum Gasteiger partial charge on any atom is -0.466 e. The summed E-state index contributed by atoms with van der Waals surface area (Å²) in [4.78, 5) is 24.5. The van der Waals surface area contributed by atoms with E-state index in [2.05, 4.69) is 67.8 Å². The van der Waals surface area contributed by atoms with Crippen molar-refractivity contribution in [3.8, 4) is 0 Å². The average molecular weight is 927 g/mol. The van der Waals surface area contributed by atoms with E-state index in [-0.39, 0.29) is 18.5 Å². The van der Waals surface area contributed by atoms with Gasteiger partial charge in [0, 0.05) is 12.8 Å². The Bertz CT molecular complexity index is 1110. The maximum Gasteiger partial charge on any atom is 0.305 e.